The molecule has 0 spiro atoms. The predicted octanol–water partition coefficient (Wildman–Crippen LogP) is 4.94. The third-order valence-corrected chi connectivity index (χ3v) is 8.67. The first kappa shape index (κ1) is 28.8. The number of nitrogens with zero attached hydrogens (tertiary/aromatic N) is 2. The lowest BCUT2D eigenvalue weighted by atomic mass is 9.85. The molecule has 0 bridgehead atoms. The maximum Gasteiger partial charge on any atom is 0.416 e. The molecular formula is C33H38ClN3O5. The number of carbonyl (C=O) groups excluding carboxylic acids is 1. The van der Waals surface area contributed by atoms with Gasteiger partial charge in [-0.25, -0.2) is 4.79 Å². The van der Waals surface area contributed by atoms with Crippen molar-refractivity contribution in [3.05, 3.63) is 94.2 Å². The minimum atomic E-state index is -0.448. The maximum atomic E-state index is 13.6. The molecule has 2 N–H and O–H groups in total. The second-order valence-corrected chi connectivity index (χ2v) is 11.8. The van der Waals surface area contributed by atoms with Crippen LogP contribution in [0.1, 0.15) is 30.0 Å². The molecule has 3 unspecified atom stereocenters. The van der Waals surface area contributed by atoms with Crippen LogP contribution in [0.5, 0.6) is 11.5 Å². The average molecular weight is 592 g/mol. The van der Waals surface area contributed by atoms with Gasteiger partial charge in [0.05, 0.1) is 32.0 Å². The molecule has 42 heavy (non-hydrogen) atoms. The summed E-state index contributed by atoms with van der Waals surface area (Å²) in [6.07, 6.45) is 6.59. The third-order valence-electron chi connectivity index (χ3n) is 8.42. The molecule has 0 saturated carbocycles. The molecule has 2 aromatic rings. The molecule has 2 aromatic carbocycles. The summed E-state index contributed by atoms with van der Waals surface area (Å²) in [7, 11) is 0. The van der Waals surface area contributed by atoms with Gasteiger partial charge in [0.15, 0.2) is 0 Å². The van der Waals surface area contributed by atoms with E-state index in [9.17, 15) is 9.90 Å². The smallest absolute Gasteiger partial charge is 0.416 e. The van der Waals surface area contributed by atoms with E-state index in [1.807, 2.05) is 61.5 Å². The molecule has 0 radical (unpaired) electrons. The molecule has 1 aliphatic carbocycles. The number of benzene rings is 2. The lowest BCUT2D eigenvalue weighted by molar-refractivity contribution is 0.0108. The Morgan fingerprint density at radius 1 is 1.10 bits per heavy atom. The topological polar surface area (TPSA) is 83.5 Å². The molecule has 9 heteroatoms. The number of morpholine rings is 1. The Hall–Kier alpha value is -3.30. The van der Waals surface area contributed by atoms with E-state index in [1.165, 1.54) is 5.57 Å². The summed E-state index contributed by atoms with van der Waals surface area (Å²) in [4.78, 5) is 17.6. The average Bonchev–Trinajstić information content (AvgIpc) is 3.36. The molecule has 1 saturated heterocycles. The van der Waals surface area contributed by atoms with Crippen LogP contribution in [0, 0.1) is 12.8 Å². The highest BCUT2D eigenvalue weighted by Crippen LogP contribution is 2.45. The molecule has 1 amide bonds. The number of halogens is 1. The van der Waals surface area contributed by atoms with Crippen molar-refractivity contribution in [2.24, 2.45) is 5.92 Å². The molecule has 1 fully saturated rings. The van der Waals surface area contributed by atoms with Gasteiger partial charge in [-0.05, 0) is 54.8 Å². The molecule has 8 nitrogen and oxygen atoms in total. The number of aliphatic hydroxyl groups excluding tert-OH is 1. The van der Waals surface area contributed by atoms with Gasteiger partial charge in [0.2, 0.25) is 0 Å². The first-order valence-electron chi connectivity index (χ1n) is 14.8. The van der Waals surface area contributed by atoms with E-state index >= 15 is 0 Å². The van der Waals surface area contributed by atoms with Crippen molar-refractivity contribution in [2.45, 2.75) is 38.0 Å². The van der Waals surface area contributed by atoms with Gasteiger partial charge >= 0.3 is 6.09 Å². The predicted molar refractivity (Wildman–Crippen MR) is 162 cm³/mol. The third kappa shape index (κ3) is 6.52. The molecule has 222 valence electrons. The lowest BCUT2D eigenvalue weighted by Crippen LogP contribution is -2.43. The quantitative estimate of drug-likeness (QED) is 0.450. The summed E-state index contributed by atoms with van der Waals surface area (Å²) < 4.78 is 17.2. The number of amides is 1. The molecule has 6 rings (SSSR count). The molecular weight excluding hydrogens is 554 g/mol. The van der Waals surface area contributed by atoms with Gasteiger partial charge in [0.1, 0.15) is 17.5 Å². The number of aryl methyl sites for hydroxylation is 1. The van der Waals surface area contributed by atoms with Crippen LogP contribution in [0.2, 0.25) is 0 Å². The van der Waals surface area contributed by atoms with Gasteiger partial charge in [0.25, 0.3) is 0 Å². The number of hydrogen-bond acceptors (Lipinski definition) is 7. The van der Waals surface area contributed by atoms with E-state index in [2.05, 4.69) is 22.4 Å². The summed E-state index contributed by atoms with van der Waals surface area (Å²) in [6.45, 7) is 6.72. The molecule has 4 atom stereocenters. The van der Waals surface area contributed by atoms with E-state index < -0.39 is 6.10 Å². The highest BCUT2D eigenvalue weighted by Gasteiger charge is 2.43. The van der Waals surface area contributed by atoms with Crippen LogP contribution >= 0.6 is 11.6 Å². The molecule has 0 aromatic heterocycles. The van der Waals surface area contributed by atoms with Crippen molar-refractivity contribution in [3.63, 3.8) is 0 Å². The Morgan fingerprint density at radius 2 is 1.83 bits per heavy atom. The van der Waals surface area contributed by atoms with Gasteiger partial charge in [-0.1, -0.05) is 53.6 Å². The Bertz CT molecular complexity index is 1350. The number of rotatable bonds is 8. The second kappa shape index (κ2) is 12.9. The number of hydrogen-bond donors (Lipinski definition) is 2. The SMILES string of the molecule is Cc1ccc(OC(=O)N2CCC3=C(NC4C=CC(Cl)=CC34)[C@@H]2c2ccc(OCCC(O)CN3CCOCC3)cc2)cc1. The Labute approximate surface area is 252 Å². The number of allylic oxidation sites excluding steroid dienone is 2. The van der Waals surface area contributed by atoms with Crippen molar-refractivity contribution in [1.82, 2.24) is 15.1 Å². The summed E-state index contributed by atoms with van der Waals surface area (Å²) in [6, 6.07) is 15.2. The largest absolute Gasteiger partial charge is 0.493 e. The monoisotopic (exact) mass is 591 g/mol. The Morgan fingerprint density at radius 3 is 2.60 bits per heavy atom. The fourth-order valence-corrected chi connectivity index (χ4v) is 6.38. The highest BCUT2D eigenvalue weighted by atomic mass is 35.5. The second-order valence-electron chi connectivity index (χ2n) is 11.3. The molecule has 3 heterocycles. The van der Waals surface area contributed by atoms with Gasteiger partial charge in [-0.3, -0.25) is 9.80 Å². The zero-order chi connectivity index (χ0) is 29.1. The summed E-state index contributed by atoms with van der Waals surface area (Å²) in [5, 5.41) is 14.9. The normalized spacial score (nSPS) is 24.4. The van der Waals surface area contributed by atoms with Gasteiger partial charge in [-0.15, -0.1) is 0 Å². The lowest BCUT2D eigenvalue weighted by Gasteiger charge is -2.37. The highest BCUT2D eigenvalue weighted by molar-refractivity contribution is 6.31. The number of fused-ring (bicyclic) bond motifs is 2. The van der Waals surface area contributed by atoms with Crippen LogP contribution < -0.4 is 14.8 Å². The van der Waals surface area contributed by atoms with Crippen molar-refractivity contribution >= 4 is 17.7 Å². The maximum absolute atomic E-state index is 13.6. The van der Waals surface area contributed by atoms with E-state index in [0.29, 0.717) is 45.1 Å². The number of aliphatic hydroxyl groups is 1. The van der Waals surface area contributed by atoms with Crippen LogP contribution in [-0.2, 0) is 4.74 Å². The van der Waals surface area contributed by atoms with Crippen LogP contribution in [-0.4, -0.2) is 79.1 Å². The van der Waals surface area contributed by atoms with Crippen LogP contribution in [0.15, 0.2) is 83.1 Å². The fraction of sp³-hybridized carbons (Fsp3) is 0.424. The Balaban J connectivity index is 1.17. The van der Waals surface area contributed by atoms with Crippen molar-refractivity contribution in [3.8, 4) is 11.5 Å². The standard InChI is InChI=1S/C33H38ClN3O5/c1-22-2-7-27(8-3-22)42-33(39)37-14-12-28-29-20-24(34)6-11-30(29)35-31(28)32(37)23-4-9-26(10-5-23)41-17-13-25(38)21-36-15-18-40-19-16-36/h2-11,20,25,29-30,32,35,38H,12-19,21H2,1H3/t25?,29?,30?,32-/m0/s1. The minimum absolute atomic E-state index is 0.111. The van der Waals surface area contributed by atoms with Gasteiger partial charge < -0.3 is 24.6 Å². The first-order chi connectivity index (χ1) is 20.4. The van der Waals surface area contributed by atoms with Gasteiger partial charge in [0, 0.05) is 49.2 Å². The summed E-state index contributed by atoms with van der Waals surface area (Å²) in [5.41, 5.74) is 4.38. The fourth-order valence-electron chi connectivity index (χ4n) is 6.18. The zero-order valence-corrected chi connectivity index (χ0v) is 24.6. The van der Waals surface area contributed by atoms with Gasteiger partial charge in [-0.2, -0.15) is 0 Å². The first-order valence-corrected chi connectivity index (χ1v) is 15.1. The molecule has 4 aliphatic rings. The van der Waals surface area contributed by atoms with E-state index in [1.54, 1.807) is 4.90 Å². The van der Waals surface area contributed by atoms with Crippen LogP contribution in [0.3, 0.4) is 0 Å². The van der Waals surface area contributed by atoms with E-state index in [-0.39, 0.29) is 24.1 Å². The van der Waals surface area contributed by atoms with Crippen molar-refractivity contribution in [2.75, 3.05) is 46.0 Å². The van der Waals surface area contributed by atoms with Crippen LogP contribution in [0.4, 0.5) is 4.79 Å². The summed E-state index contributed by atoms with van der Waals surface area (Å²) in [5.74, 6) is 1.41. The van der Waals surface area contributed by atoms with Crippen LogP contribution in [0.25, 0.3) is 0 Å². The molecule has 3 aliphatic heterocycles. The number of carbonyl (C=O) groups is 1. The number of β-amino-alcohol motifs (C(OH)–C–C–N with tert-alkyl or cyclic N) is 1. The Kier molecular flexibility index (Phi) is 8.86. The van der Waals surface area contributed by atoms with E-state index in [0.717, 1.165) is 47.1 Å². The zero-order valence-electron chi connectivity index (χ0n) is 23.9. The number of nitrogens with one attached hydrogen (secondary N) is 1. The summed E-state index contributed by atoms with van der Waals surface area (Å²) >= 11 is 6.38. The number of ether oxygens (including phenoxy) is 3. The van der Waals surface area contributed by atoms with Crippen molar-refractivity contribution in [1.29, 1.82) is 0 Å². The van der Waals surface area contributed by atoms with E-state index in [4.69, 9.17) is 25.8 Å². The van der Waals surface area contributed by atoms with Crippen molar-refractivity contribution < 1.29 is 24.1 Å². The minimum Gasteiger partial charge on any atom is -0.493 e.